The maximum absolute atomic E-state index is 12.2. The van der Waals surface area contributed by atoms with E-state index in [9.17, 15) is 14.9 Å². The second-order valence-electron chi connectivity index (χ2n) is 4.82. The van der Waals surface area contributed by atoms with Crippen molar-refractivity contribution in [1.29, 1.82) is 0 Å². The molecule has 0 fully saturated rings. The van der Waals surface area contributed by atoms with Gasteiger partial charge in [0.15, 0.2) is 10.9 Å². The number of para-hydroxylation sites is 2. The van der Waals surface area contributed by atoms with E-state index in [0.717, 1.165) is 0 Å². The van der Waals surface area contributed by atoms with E-state index in [2.05, 4.69) is 4.98 Å². The lowest BCUT2D eigenvalue weighted by atomic mass is 10.3. The van der Waals surface area contributed by atoms with Crippen molar-refractivity contribution in [3.63, 3.8) is 0 Å². The number of nitro groups is 1. The molecule has 0 atom stereocenters. The van der Waals surface area contributed by atoms with Crippen molar-refractivity contribution in [2.24, 2.45) is 7.05 Å². The Bertz CT molecular complexity index is 951. The molecule has 3 rings (SSSR count). The zero-order valence-electron chi connectivity index (χ0n) is 12.7. The molecular formula is C15H13N3O4S2. The van der Waals surface area contributed by atoms with E-state index in [1.165, 1.54) is 33.7 Å². The van der Waals surface area contributed by atoms with Gasteiger partial charge in [-0.15, -0.1) is 11.3 Å². The van der Waals surface area contributed by atoms with Crippen LogP contribution in [0.5, 0.6) is 5.75 Å². The van der Waals surface area contributed by atoms with Gasteiger partial charge in [-0.25, -0.2) is 4.98 Å². The highest BCUT2D eigenvalue weighted by Crippen LogP contribution is 2.26. The Morgan fingerprint density at radius 2 is 2.17 bits per heavy atom. The molecule has 0 unspecified atom stereocenters. The van der Waals surface area contributed by atoms with Crippen LogP contribution in [-0.2, 0) is 7.05 Å². The summed E-state index contributed by atoms with van der Waals surface area (Å²) in [5, 5.41) is 13.4. The maximum Gasteiger partial charge on any atom is 0.310 e. The van der Waals surface area contributed by atoms with Gasteiger partial charge in [0.25, 0.3) is 5.56 Å². The van der Waals surface area contributed by atoms with Gasteiger partial charge in [0.2, 0.25) is 0 Å². The van der Waals surface area contributed by atoms with Crippen LogP contribution in [0.4, 0.5) is 5.69 Å². The van der Waals surface area contributed by atoms with Crippen LogP contribution in [0.15, 0.2) is 45.7 Å². The quantitative estimate of drug-likeness (QED) is 0.220. The zero-order chi connectivity index (χ0) is 17.1. The van der Waals surface area contributed by atoms with E-state index in [-0.39, 0.29) is 23.6 Å². The molecule has 0 aliphatic carbocycles. The number of rotatable bonds is 6. The van der Waals surface area contributed by atoms with Gasteiger partial charge in [-0.05, 0) is 17.5 Å². The third kappa shape index (κ3) is 3.26. The van der Waals surface area contributed by atoms with E-state index in [0.29, 0.717) is 21.1 Å². The fourth-order valence-electron chi connectivity index (χ4n) is 2.11. The Balaban J connectivity index is 1.66. The largest absolute Gasteiger partial charge is 0.486 e. The van der Waals surface area contributed by atoms with Crippen molar-refractivity contribution in [1.82, 2.24) is 9.55 Å². The van der Waals surface area contributed by atoms with Gasteiger partial charge in [-0.1, -0.05) is 23.9 Å². The minimum Gasteiger partial charge on any atom is -0.486 e. The number of ether oxygens (including phenoxy) is 1. The van der Waals surface area contributed by atoms with Crippen molar-refractivity contribution in [3.8, 4) is 5.75 Å². The predicted octanol–water partition coefficient (Wildman–Crippen LogP) is 3.07. The summed E-state index contributed by atoms with van der Waals surface area (Å²) in [7, 11) is 1.68. The number of nitrogens with zero attached hydrogens (tertiary/aromatic N) is 3. The van der Waals surface area contributed by atoms with Gasteiger partial charge < -0.3 is 4.74 Å². The SMILES string of the molecule is Cn1c(SCCOc2ccccc2[N+](=O)[O-])nc2ccsc2c1=O. The lowest BCUT2D eigenvalue weighted by Gasteiger charge is -2.08. The van der Waals surface area contributed by atoms with Crippen LogP contribution in [0.2, 0.25) is 0 Å². The summed E-state index contributed by atoms with van der Waals surface area (Å²) in [6.45, 7) is 0.271. The second kappa shape index (κ2) is 7.02. The van der Waals surface area contributed by atoms with Crippen LogP contribution in [0.3, 0.4) is 0 Å². The number of aromatic nitrogens is 2. The lowest BCUT2D eigenvalue weighted by Crippen LogP contribution is -2.19. The van der Waals surface area contributed by atoms with Crippen molar-refractivity contribution in [2.45, 2.75) is 5.16 Å². The van der Waals surface area contributed by atoms with Crippen LogP contribution in [0.25, 0.3) is 10.2 Å². The lowest BCUT2D eigenvalue weighted by molar-refractivity contribution is -0.385. The number of hydrogen-bond acceptors (Lipinski definition) is 7. The number of thiophene rings is 1. The topological polar surface area (TPSA) is 87.3 Å². The number of fused-ring (bicyclic) bond motifs is 1. The highest BCUT2D eigenvalue weighted by molar-refractivity contribution is 7.99. The first kappa shape index (κ1) is 16.5. The van der Waals surface area contributed by atoms with Gasteiger partial charge in [-0.2, -0.15) is 0 Å². The molecule has 3 aromatic rings. The molecular weight excluding hydrogens is 350 g/mol. The molecule has 0 aliphatic heterocycles. The van der Waals surface area contributed by atoms with E-state index < -0.39 is 4.92 Å². The first-order valence-electron chi connectivity index (χ1n) is 7.01. The summed E-state index contributed by atoms with van der Waals surface area (Å²) in [5.74, 6) is 0.750. The van der Waals surface area contributed by atoms with Gasteiger partial charge in [-0.3, -0.25) is 19.5 Å². The molecule has 2 heterocycles. The summed E-state index contributed by atoms with van der Waals surface area (Å²) >= 11 is 2.75. The molecule has 0 aliphatic rings. The minimum absolute atomic E-state index is 0.0623. The van der Waals surface area contributed by atoms with Crippen molar-refractivity contribution in [3.05, 3.63) is 56.2 Å². The summed E-state index contributed by atoms with van der Waals surface area (Å²) in [4.78, 5) is 27.1. The number of benzene rings is 1. The molecule has 2 aromatic heterocycles. The fourth-order valence-corrected chi connectivity index (χ4v) is 3.71. The second-order valence-corrected chi connectivity index (χ2v) is 6.79. The Morgan fingerprint density at radius 3 is 2.96 bits per heavy atom. The summed E-state index contributed by atoms with van der Waals surface area (Å²) in [6.07, 6.45) is 0. The van der Waals surface area contributed by atoms with Crippen LogP contribution in [-0.4, -0.2) is 26.8 Å². The number of nitro benzene ring substituents is 1. The standard InChI is InChI=1S/C15H13N3O4S2/c1-17-14(19)13-10(6-8-23-13)16-15(17)24-9-7-22-12-5-3-2-4-11(12)18(20)21/h2-6,8H,7,9H2,1H3. The van der Waals surface area contributed by atoms with Crippen molar-refractivity contribution in [2.75, 3.05) is 12.4 Å². The molecule has 0 saturated heterocycles. The fraction of sp³-hybridized carbons (Fsp3) is 0.200. The molecule has 124 valence electrons. The van der Waals surface area contributed by atoms with Gasteiger partial charge in [0, 0.05) is 18.9 Å². The highest BCUT2D eigenvalue weighted by Gasteiger charge is 2.14. The average molecular weight is 363 g/mol. The van der Waals surface area contributed by atoms with Gasteiger partial charge in [0.1, 0.15) is 4.70 Å². The Kier molecular flexibility index (Phi) is 4.81. The Morgan fingerprint density at radius 1 is 1.38 bits per heavy atom. The summed E-state index contributed by atoms with van der Waals surface area (Å²) in [5.41, 5.74) is 0.551. The van der Waals surface area contributed by atoms with E-state index in [1.54, 1.807) is 25.2 Å². The first-order valence-corrected chi connectivity index (χ1v) is 8.87. The molecule has 0 saturated carbocycles. The van der Waals surface area contributed by atoms with Crippen LogP contribution in [0, 0.1) is 10.1 Å². The molecule has 0 N–H and O–H groups in total. The van der Waals surface area contributed by atoms with Gasteiger partial charge in [0.05, 0.1) is 17.0 Å². The monoisotopic (exact) mass is 363 g/mol. The molecule has 7 nitrogen and oxygen atoms in total. The van der Waals surface area contributed by atoms with Crippen LogP contribution < -0.4 is 10.3 Å². The maximum atomic E-state index is 12.2. The van der Waals surface area contributed by atoms with E-state index in [1.807, 2.05) is 11.4 Å². The normalized spacial score (nSPS) is 10.9. The molecule has 0 spiro atoms. The molecule has 9 heteroatoms. The number of thioether (sulfide) groups is 1. The average Bonchev–Trinajstić information content (AvgIpc) is 3.04. The minimum atomic E-state index is -0.474. The molecule has 0 amide bonds. The smallest absolute Gasteiger partial charge is 0.310 e. The van der Waals surface area contributed by atoms with Crippen LogP contribution >= 0.6 is 23.1 Å². The zero-order valence-corrected chi connectivity index (χ0v) is 14.3. The predicted molar refractivity (Wildman–Crippen MR) is 94.2 cm³/mol. The molecule has 0 bridgehead atoms. The third-order valence-corrected chi connectivity index (χ3v) is 5.17. The molecule has 24 heavy (non-hydrogen) atoms. The van der Waals surface area contributed by atoms with Crippen molar-refractivity contribution < 1.29 is 9.66 Å². The molecule has 1 aromatic carbocycles. The van der Waals surface area contributed by atoms with Gasteiger partial charge >= 0.3 is 5.69 Å². The highest BCUT2D eigenvalue weighted by atomic mass is 32.2. The van der Waals surface area contributed by atoms with E-state index >= 15 is 0 Å². The third-order valence-electron chi connectivity index (χ3n) is 3.28. The number of hydrogen-bond donors (Lipinski definition) is 0. The summed E-state index contributed by atoms with van der Waals surface area (Å²) in [6, 6.07) is 8.06. The Labute approximate surface area is 145 Å². The van der Waals surface area contributed by atoms with E-state index in [4.69, 9.17) is 4.74 Å². The molecule has 0 radical (unpaired) electrons. The first-order chi connectivity index (χ1) is 11.6. The Hall–Kier alpha value is -2.39. The van der Waals surface area contributed by atoms with Crippen LogP contribution in [0.1, 0.15) is 0 Å². The summed E-state index contributed by atoms with van der Waals surface area (Å²) < 4.78 is 7.63. The van der Waals surface area contributed by atoms with Crippen molar-refractivity contribution >= 4 is 39.0 Å².